The van der Waals surface area contributed by atoms with E-state index in [-0.39, 0.29) is 6.54 Å². The quantitative estimate of drug-likeness (QED) is 0.696. The van der Waals surface area contributed by atoms with Gasteiger partial charge < -0.3 is 10.8 Å². The molecule has 0 fully saturated rings. The number of aliphatic hydroxyl groups is 1. The lowest BCUT2D eigenvalue weighted by Gasteiger charge is -2.08. The number of benzene rings is 1. The van der Waals surface area contributed by atoms with Crippen LogP contribution in [0.2, 0.25) is 0 Å². The molecular formula is C9H13NOS. The number of aliphatic hydroxyl groups excluding tert-OH is 1. The van der Waals surface area contributed by atoms with Gasteiger partial charge in [0, 0.05) is 11.4 Å². The number of rotatable bonds is 3. The normalized spacial score (nSPS) is 12.9. The van der Waals surface area contributed by atoms with E-state index >= 15 is 0 Å². The average Bonchev–Trinajstić information content (AvgIpc) is 2.17. The molecule has 0 saturated heterocycles. The fourth-order valence-corrected chi connectivity index (χ4v) is 1.45. The number of nitrogens with two attached hydrogens (primary N) is 1. The molecule has 1 atom stereocenters. The van der Waals surface area contributed by atoms with E-state index in [0.29, 0.717) is 0 Å². The number of thioether (sulfide) groups is 1. The number of hydrogen-bond donors (Lipinski definition) is 2. The van der Waals surface area contributed by atoms with E-state index in [2.05, 4.69) is 0 Å². The van der Waals surface area contributed by atoms with Crippen molar-refractivity contribution in [2.45, 2.75) is 11.0 Å². The van der Waals surface area contributed by atoms with E-state index in [1.165, 1.54) is 0 Å². The van der Waals surface area contributed by atoms with Gasteiger partial charge >= 0.3 is 0 Å². The van der Waals surface area contributed by atoms with Crippen LogP contribution in [0.15, 0.2) is 29.2 Å². The second-order valence-corrected chi connectivity index (χ2v) is 3.41. The molecule has 12 heavy (non-hydrogen) atoms. The number of hydrogen-bond acceptors (Lipinski definition) is 3. The first-order valence-corrected chi connectivity index (χ1v) is 5.02. The van der Waals surface area contributed by atoms with Crippen LogP contribution < -0.4 is 5.73 Å². The first-order chi connectivity index (χ1) is 5.77. The van der Waals surface area contributed by atoms with Crippen LogP contribution in [0.3, 0.4) is 0 Å². The van der Waals surface area contributed by atoms with Gasteiger partial charge in [0.15, 0.2) is 0 Å². The smallest absolute Gasteiger partial charge is 0.0912 e. The van der Waals surface area contributed by atoms with Crippen molar-refractivity contribution in [1.82, 2.24) is 0 Å². The Bertz CT molecular complexity index is 252. The van der Waals surface area contributed by atoms with Gasteiger partial charge in [-0.3, -0.25) is 0 Å². The Morgan fingerprint density at radius 3 is 2.92 bits per heavy atom. The molecule has 0 unspecified atom stereocenters. The summed E-state index contributed by atoms with van der Waals surface area (Å²) >= 11 is 1.66. The molecule has 0 saturated carbocycles. The predicted molar refractivity (Wildman–Crippen MR) is 52.2 cm³/mol. The van der Waals surface area contributed by atoms with E-state index in [0.717, 1.165) is 10.5 Å². The minimum absolute atomic E-state index is 0.276. The van der Waals surface area contributed by atoms with Crippen LogP contribution in [-0.4, -0.2) is 17.9 Å². The summed E-state index contributed by atoms with van der Waals surface area (Å²) in [6.07, 6.45) is 1.48. The molecule has 0 heterocycles. The van der Waals surface area contributed by atoms with Crippen molar-refractivity contribution < 1.29 is 5.11 Å². The van der Waals surface area contributed by atoms with Crippen molar-refractivity contribution in [2.24, 2.45) is 5.73 Å². The molecule has 0 aromatic heterocycles. The van der Waals surface area contributed by atoms with Gasteiger partial charge in [0.2, 0.25) is 0 Å². The zero-order valence-corrected chi connectivity index (χ0v) is 7.84. The summed E-state index contributed by atoms with van der Waals surface area (Å²) < 4.78 is 0. The van der Waals surface area contributed by atoms with Gasteiger partial charge in [0.25, 0.3) is 0 Å². The first kappa shape index (κ1) is 9.58. The molecule has 2 nitrogen and oxygen atoms in total. The van der Waals surface area contributed by atoms with E-state index in [4.69, 9.17) is 5.73 Å². The van der Waals surface area contributed by atoms with Crippen molar-refractivity contribution in [3.05, 3.63) is 29.8 Å². The second kappa shape index (κ2) is 4.50. The van der Waals surface area contributed by atoms with Crippen LogP contribution in [0.25, 0.3) is 0 Å². The molecule has 1 rings (SSSR count). The van der Waals surface area contributed by atoms with E-state index in [1.54, 1.807) is 11.8 Å². The van der Waals surface area contributed by atoms with Gasteiger partial charge in [-0.05, 0) is 24.0 Å². The Balaban J connectivity index is 2.86. The van der Waals surface area contributed by atoms with E-state index in [9.17, 15) is 5.11 Å². The van der Waals surface area contributed by atoms with Gasteiger partial charge in [0.05, 0.1) is 6.10 Å². The highest BCUT2D eigenvalue weighted by Crippen LogP contribution is 2.19. The molecular weight excluding hydrogens is 170 g/mol. The van der Waals surface area contributed by atoms with Gasteiger partial charge in [-0.1, -0.05) is 12.1 Å². The summed E-state index contributed by atoms with van der Waals surface area (Å²) in [6, 6.07) is 7.79. The third-order valence-electron chi connectivity index (χ3n) is 1.70. The molecule has 66 valence electrons. The fraction of sp³-hybridized carbons (Fsp3) is 0.333. The van der Waals surface area contributed by atoms with Crippen LogP contribution in [-0.2, 0) is 0 Å². The molecule has 0 aliphatic carbocycles. The average molecular weight is 183 g/mol. The minimum atomic E-state index is -0.530. The molecule has 1 aromatic carbocycles. The van der Waals surface area contributed by atoms with Crippen molar-refractivity contribution in [3.8, 4) is 0 Å². The summed E-state index contributed by atoms with van der Waals surface area (Å²) in [4.78, 5) is 1.15. The summed E-state index contributed by atoms with van der Waals surface area (Å²) in [5.74, 6) is 0. The largest absolute Gasteiger partial charge is 0.387 e. The molecule has 0 spiro atoms. The second-order valence-electron chi connectivity index (χ2n) is 2.53. The molecule has 3 N–H and O–H groups in total. The monoisotopic (exact) mass is 183 g/mol. The van der Waals surface area contributed by atoms with Gasteiger partial charge in [-0.25, -0.2) is 0 Å². The molecule has 0 amide bonds. The molecule has 3 heteroatoms. The lowest BCUT2D eigenvalue weighted by Crippen LogP contribution is -2.11. The highest BCUT2D eigenvalue weighted by molar-refractivity contribution is 7.98. The van der Waals surface area contributed by atoms with Crippen LogP contribution in [0.4, 0.5) is 0 Å². The summed E-state index contributed by atoms with van der Waals surface area (Å²) in [6.45, 7) is 0.276. The maximum atomic E-state index is 9.41. The Labute approximate surface area is 76.8 Å². The summed E-state index contributed by atoms with van der Waals surface area (Å²) in [5.41, 5.74) is 6.23. The van der Waals surface area contributed by atoms with E-state index in [1.807, 2.05) is 30.5 Å². The van der Waals surface area contributed by atoms with Gasteiger partial charge in [0.1, 0.15) is 0 Å². The summed E-state index contributed by atoms with van der Waals surface area (Å²) in [7, 11) is 0. The SMILES string of the molecule is CSc1cccc([C@H](O)CN)c1. The maximum absolute atomic E-state index is 9.41. The zero-order chi connectivity index (χ0) is 8.97. The van der Waals surface area contributed by atoms with Gasteiger partial charge in [-0.2, -0.15) is 0 Å². The van der Waals surface area contributed by atoms with Crippen LogP contribution in [0, 0.1) is 0 Å². The van der Waals surface area contributed by atoms with Crippen molar-refractivity contribution in [3.63, 3.8) is 0 Å². The molecule has 0 aliphatic heterocycles. The summed E-state index contributed by atoms with van der Waals surface area (Å²) in [5, 5.41) is 9.41. The highest BCUT2D eigenvalue weighted by Gasteiger charge is 2.04. The Morgan fingerprint density at radius 2 is 2.33 bits per heavy atom. The highest BCUT2D eigenvalue weighted by atomic mass is 32.2. The lowest BCUT2D eigenvalue weighted by atomic mass is 10.1. The minimum Gasteiger partial charge on any atom is -0.387 e. The Kier molecular flexibility index (Phi) is 3.59. The third kappa shape index (κ3) is 2.24. The third-order valence-corrected chi connectivity index (χ3v) is 2.43. The Hall–Kier alpha value is -0.510. The predicted octanol–water partition coefficient (Wildman–Crippen LogP) is 1.40. The van der Waals surface area contributed by atoms with E-state index < -0.39 is 6.10 Å². The van der Waals surface area contributed by atoms with Crippen molar-refractivity contribution >= 4 is 11.8 Å². The first-order valence-electron chi connectivity index (χ1n) is 3.80. The van der Waals surface area contributed by atoms with Crippen LogP contribution in [0.1, 0.15) is 11.7 Å². The van der Waals surface area contributed by atoms with Crippen LogP contribution >= 0.6 is 11.8 Å². The lowest BCUT2D eigenvalue weighted by molar-refractivity contribution is 0.186. The topological polar surface area (TPSA) is 46.2 Å². The molecule has 1 aromatic rings. The molecule has 0 aliphatic rings. The standard InChI is InChI=1S/C9H13NOS/c1-12-8-4-2-3-7(5-8)9(11)6-10/h2-5,9,11H,6,10H2,1H3/t9-/m1/s1. The molecule has 0 radical (unpaired) electrons. The van der Waals surface area contributed by atoms with Crippen molar-refractivity contribution in [2.75, 3.05) is 12.8 Å². The van der Waals surface area contributed by atoms with Crippen molar-refractivity contribution in [1.29, 1.82) is 0 Å². The molecule has 0 bridgehead atoms. The Morgan fingerprint density at radius 1 is 1.58 bits per heavy atom. The van der Waals surface area contributed by atoms with Gasteiger partial charge in [-0.15, -0.1) is 11.8 Å². The maximum Gasteiger partial charge on any atom is 0.0912 e. The van der Waals surface area contributed by atoms with Crippen LogP contribution in [0.5, 0.6) is 0 Å². The fourth-order valence-electron chi connectivity index (χ4n) is 0.985. The zero-order valence-electron chi connectivity index (χ0n) is 7.03.